The standard InChI is InChI=1S/C27H38N2O6/c1-32-22-14-10-12-20(26(22)34-3)18-28-24(30)16-8-6-5-7-9-17-25(31)29-19-21-13-11-15-23(33-2)27(21)35-4/h10-15H,5-9,16-19H2,1-4H3,(H,28,30)(H,29,31). The van der Waals surface area contributed by atoms with Gasteiger partial charge < -0.3 is 29.6 Å². The number of carbonyl (C=O) groups is 2. The van der Waals surface area contributed by atoms with E-state index < -0.39 is 0 Å². The maximum atomic E-state index is 12.2. The zero-order chi connectivity index (χ0) is 25.5. The number of para-hydroxylation sites is 2. The number of unbranched alkanes of at least 4 members (excludes halogenated alkanes) is 4. The van der Waals surface area contributed by atoms with Crippen molar-refractivity contribution in [2.24, 2.45) is 0 Å². The molecule has 192 valence electrons. The predicted octanol–water partition coefficient (Wildman–Crippen LogP) is 4.38. The van der Waals surface area contributed by atoms with Crippen molar-refractivity contribution in [3.05, 3.63) is 47.5 Å². The van der Waals surface area contributed by atoms with Gasteiger partial charge in [0.15, 0.2) is 23.0 Å². The third-order valence-corrected chi connectivity index (χ3v) is 5.73. The first-order chi connectivity index (χ1) is 17.0. The Morgan fingerprint density at radius 3 is 1.37 bits per heavy atom. The number of benzene rings is 2. The van der Waals surface area contributed by atoms with Crippen LogP contribution in [0.3, 0.4) is 0 Å². The summed E-state index contributed by atoms with van der Waals surface area (Å²) >= 11 is 0. The van der Waals surface area contributed by atoms with E-state index in [0.717, 1.165) is 43.2 Å². The highest BCUT2D eigenvalue weighted by Gasteiger charge is 2.12. The summed E-state index contributed by atoms with van der Waals surface area (Å²) in [6.45, 7) is 0.798. The quantitative estimate of drug-likeness (QED) is 0.342. The van der Waals surface area contributed by atoms with Crippen LogP contribution in [0.4, 0.5) is 0 Å². The number of nitrogens with one attached hydrogen (secondary N) is 2. The Kier molecular flexibility index (Phi) is 12.3. The van der Waals surface area contributed by atoms with Crippen LogP contribution in [0, 0.1) is 0 Å². The zero-order valence-electron chi connectivity index (χ0n) is 21.3. The summed E-state index contributed by atoms with van der Waals surface area (Å²) in [6.07, 6.45) is 5.52. The Morgan fingerprint density at radius 1 is 0.600 bits per heavy atom. The highest BCUT2D eigenvalue weighted by Crippen LogP contribution is 2.31. The molecule has 35 heavy (non-hydrogen) atoms. The molecule has 2 N–H and O–H groups in total. The molecule has 0 atom stereocenters. The average Bonchev–Trinajstić information content (AvgIpc) is 2.89. The molecule has 0 heterocycles. The third-order valence-electron chi connectivity index (χ3n) is 5.73. The number of rotatable bonds is 16. The Bertz CT molecular complexity index is 872. The summed E-state index contributed by atoms with van der Waals surface area (Å²) in [5.74, 6) is 2.61. The van der Waals surface area contributed by atoms with Crippen LogP contribution in [0.2, 0.25) is 0 Å². The van der Waals surface area contributed by atoms with Crippen molar-refractivity contribution in [2.45, 2.75) is 58.0 Å². The van der Waals surface area contributed by atoms with Gasteiger partial charge in [-0.1, -0.05) is 43.5 Å². The molecule has 0 spiro atoms. The number of amides is 2. The molecule has 0 unspecified atom stereocenters. The fraction of sp³-hybridized carbons (Fsp3) is 0.481. The molecular weight excluding hydrogens is 448 g/mol. The molecule has 8 heteroatoms. The van der Waals surface area contributed by atoms with E-state index in [2.05, 4.69) is 10.6 Å². The lowest BCUT2D eigenvalue weighted by molar-refractivity contribution is -0.122. The minimum Gasteiger partial charge on any atom is -0.493 e. The van der Waals surface area contributed by atoms with Crippen molar-refractivity contribution in [1.29, 1.82) is 0 Å². The van der Waals surface area contributed by atoms with E-state index in [-0.39, 0.29) is 11.8 Å². The van der Waals surface area contributed by atoms with Crippen molar-refractivity contribution < 1.29 is 28.5 Å². The molecule has 2 rings (SSSR count). The SMILES string of the molecule is COc1cccc(CNC(=O)CCCCCCCC(=O)NCc2cccc(OC)c2OC)c1OC. The van der Waals surface area contributed by atoms with Gasteiger partial charge in [0.05, 0.1) is 28.4 Å². The third kappa shape index (κ3) is 9.03. The molecule has 0 saturated carbocycles. The largest absolute Gasteiger partial charge is 0.493 e. The Morgan fingerprint density at radius 2 is 1.00 bits per heavy atom. The molecule has 8 nitrogen and oxygen atoms in total. The second-order valence-corrected chi connectivity index (χ2v) is 8.13. The monoisotopic (exact) mass is 486 g/mol. The van der Waals surface area contributed by atoms with Crippen LogP contribution >= 0.6 is 0 Å². The Hall–Kier alpha value is -3.42. The van der Waals surface area contributed by atoms with E-state index in [1.54, 1.807) is 28.4 Å². The zero-order valence-corrected chi connectivity index (χ0v) is 21.3. The van der Waals surface area contributed by atoms with Crippen LogP contribution in [0.5, 0.6) is 23.0 Å². The Labute approximate surface area is 208 Å². The van der Waals surface area contributed by atoms with Gasteiger partial charge in [0.25, 0.3) is 0 Å². The van der Waals surface area contributed by atoms with Crippen molar-refractivity contribution in [2.75, 3.05) is 28.4 Å². The van der Waals surface area contributed by atoms with Gasteiger partial charge in [0.1, 0.15) is 0 Å². The molecule has 0 fully saturated rings. The van der Waals surface area contributed by atoms with Gasteiger partial charge in [-0.2, -0.15) is 0 Å². The smallest absolute Gasteiger partial charge is 0.220 e. The first-order valence-corrected chi connectivity index (χ1v) is 12.0. The molecule has 0 aliphatic rings. The van der Waals surface area contributed by atoms with Gasteiger partial charge in [0, 0.05) is 37.1 Å². The number of hydrogen-bond acceptors (Lipinski definition) is 6. The minimum atomic E-state index is 0.0159. The highest BCUT2D eigenvalue weighted by molar-refractivity contribution is 5.76. The molecule has 0 saturated heterocycles. The molecule has 0 aliphatic carbocycles. The average molecular weight is 487 g/mol. The van der Waals surface area contributed by atoms with E-state index in [9.17, 15) is 9.59 Å². The number of hydrogen-bond donors (Lipinski definition) is 2. The van der Waals surface area contributed by atoms with Gasteiger partial charge in [-0.25, -0.2) is 0 Å². The van der Waals surface area contributed by atoms with Gasteiger partial charge in [-0.05, 0) is 25.0 Å². The molecule has 0 aromatic heterocycles. The number of methoxy groups -OCH3 is 4. The molecule has 2 aromatic rings. The molecular formula is C27H38N2O6. The van der Waals surface area contributed by atoms with Crippen molar-refractivity contribution in [3.8, 4) is 23.0 Å². The minimum absolute atomic E-state index is 0.0159. The van der Waals surface area contributed by atoms with Gasteiger partial charge >= 0.3 is 0 Å². The predicted molar refractivity (Wildman–Crippen MR) is 135 cm³/mol. The fourth-order valence-corrected chi connectivity index (χ4v) is 3.85. The van der Waals surface area contributed by atoms with E-state index in [4.69, 9.17) is 18.9 Å². The number of ether oxygens (including phenoxy) is 4. The summed E-state index contributed by atoms with van der Waals surface area (Å²) in [6, 6.07) is 11.2. The van der Waals surface area contributed by atoms with Crippen molar-refractivity contribution in [3.63, 3.8) is 0 Å². The maximum Gasteiger partial charge on any atom is 0.220 e. The molecule has 0 aliphatic heterocycles. The lowest BCUT2D eigenvalue weighted by atomic mass is 10.1. The fourth-order valence-electron chi connectivity index (χ4n) is 3.85. The Balaban J connectivity index is 1.56. The van der Waals surface area contributed by atoms with E-state index in [1.165, 1.54) is 0 Å². The van der Waals surface area contributed by atoms with Crippen LogP contribution in [0.15, 0.2) is 36.4 Å². The summed E-state index contributed by atoms with van der Waals surface area (Å²) in [5, 5.41) is 5.88. The summed E-state index contributed by atoms with van der Waals surface area (Å²) < 4.78 is 21.4. The first kappa shape index (κ1) is 27.8. The summed E-state index contributed by atoms with van der Waals surface area (Å²) in [7, 11) is 6.36. The normalized spacial score (nSPS) is 10.4. The van der Waals surface area contributed by atoms with Gasteiger partial charge in [-0.15, -0.1) is 0 Å². The van der Waals surface area contributed by atoms with E-state index in [1.807, 2.05) is 36.4 Å². The van der Waals surface area contributed by atoms with Crippen molar-refractivity contribution >= 4 is 11.8 Å². The van der Waals surface area contributed by atoms with Gasteiger partial charge in [-0.3, -0.25) is 9.59 Å². The van der Waals surface area contributed by atoms with Crippen molar-refractivity contribution in [1.82, 2.24) is 10.6 Å². The van der Waals surface area contributed by atoms with Crippen LogP contribution in [0.1, 0.15) is 56.1 Å². The molecule has 2 aromatic carbocycles. The van der Waals surface area contributed by atoms with Gasteiger partial charge in [0.2, 0.25) is 11.8 Å². The molecule has 0 radical (unpaired) electrons. The topological polar surface area (TPSA) is 95.1 Å². The lowest BCUT2D eigenvalue weighted by Gasteiger charge is -2.13. The number of carbonyl (C=O) groups excluding carboxylic acids is 2. The molecule has 0 bridgehead atoms. The maximum absolute atomic E-state index is 12.2. The van der Waals surface area contributed by atoms with E-state index in [0.29, 0.717) is 48.9 Å². The highest BCUT2D eigenvalue weighted by atomic mass is 16.5. The first-order valence-electron chi connectivity index (χ1n) is 12.0. The summed E-state index contributed by atoms with van der Waals surface area (Å²) in [4.78, 5) is 24.3. The van der Waals surface area contributed by atoms with Crippen LogP contribution in [-0.2, 0) is 22.7 Å². The van der Waals surface area contributed by atoms with Crippen LogP contribution < -0.4 is 29.6 Å². The molecule has 2 amide bonds. The second kappa shape index (κ2) is 15.5. The van der Waals surface area contributed by atoms with Crippen LogP contribution in [-0.4, -0.2) is 40.3 Å². The van der Waals surface area contributed by atoms with Crippen LogP contribution in [0.25, 0.3) is 0 Å². The van der Waals surface area contributed by atoms with E-state index >= 15 is 0 Å². The summed E-state index contributed by atoms with van der Waals surface area (Å²) in [5.41, 5.74) is 1.76. The second-order valence-electron chi connectivity index (χ2n) is 8.13. The lowest BCUT2D eigenvalue weighted by Crippen LogP contribution is -2.23.